The van der Waals surface area contributed by atoms with Crippen molar-refractivity contribution in [2.75, 3.05) is 5.32 Å². The number of fused-ring (bicyclic) bond motifs is 1. The summed E-state index contributed by atoms with van der Waals surface area (Å²) >= 11 is 1.41. The fourth-order valence-electron chi connectivity index (χ4n) is 3.51. The zero-order chi connectivity index (χ0) is 18.4. The second-order valence-corrected chi connectivity index (χ2v) is 8.15. The van der Waals surface area contributed by atoms with Gasteiger partial charge in [-0.05, 0) is 42.9 Å². The van der Waals surface area contributed by atoms with E-state index in [1.54, 1.807) is 12.1 Å². The number of carbonyl (C=O) groups is 2. The molecule has 3 unspecified atom stereocenters. The number of amides is 1. The molecule has 2 aliphatic carbocycles. The van der Waals surface area contributed by atoms with Crippen LogP contribution in [0.25, 0.3) is 0 Å². The summed E-state index contributed by atoms with van der Waals surface area (Å²) in [5.74, 6) is -0.492. The Bertz CT molecular complexity index is 886. The van der Waals surface area contributed by atoms with Crippen molar-refractivity contribution in [2.24, 2.45) is 11.8 Å². The van der Waals surface area contributed by atoms with Gasteiger partial charge in [0.2, 0.25) is 17.7 Å². The molecule has 0 radical (unpaired) electrons. The van der Waals surface area contributed by atoms with Gasteiger partial charge in [0.15, 0.2) is 5.76 Å². The standard InChI is InChI=1S/C18H18N2O5S/c1-9-4-5-10-14(7-9)26-18(15(10)16(21)13-3-2-6-25-13)19-17(22)11-8-12(11)20(23)24/h2-3,6,9,11-12H,4-5,7-8H2,1H3,(H,19,22). The van der Waals surface area contributed by atoms with E-state index in [0.29, 0.717) is 16.5 Å². The lowest BCUT2D eigenvalue weighted by atomic mass is 9.87. The summed E-state index contributed by atoms with van der Waals surface area (Å²) in [5, 5.41) is 14.1. The maximum atomic E-state index is 12.9. The number of rotatable bonds is 5. The number of furan rings is 1. The molecule has 4 rings (SSSR count). The van der Waals surface area contributed by atoms with E-state index >= 15 is 0 Å². The average Bonchev–Trinajstić information content (AvgIpc) is 3.08. The lowest BCUT2D eigenvalue weighted by molar-refractivity contribution is -0.497. The Morgan fingerprint density at radius 1 is 1.42 bits per heavy atom. The van der Waals surface area contributed by atoms with Gasteiger partial charge in [-0.3, -0.25) is 19.7 Å². The van der Waals surface area contributed by atoms with Crippen molar-refractivity contribution in [3.63, 3.8) is 0 Å². The number of hydrogen-bond donors (Lipinski definition) is 1. The van der Waals surface area contributed by atoms with E-state index in [1.165, 1.54) is 17.6 Å². The molecule has 0 saturated heterocycles. The molecule has 8 heteroatoms. The summed E-state index contributed by atoms with van der Waals surface area (Å²) in [4.78, 5) is 36.8. The molecule has 0 aliphatic heterocycles. The Kier molecular flexibility index (Phi) is 4.14. The van der Waals surface area contributed by atoms with E-state index in [9.17, 15) is 19.7 Å². The monoisotopic (exact) mass is 374 g/mol. The summed E-state index contributed by atoms with van der Waals surface area (Å²) in [6.45, 7) is 2.17. The molecule has 0 bridgehead atoms. The Hall–Kier alpha value is -2.48. The highest BCUT2D eigenvalue weighted by Crippen LogP contribution is 2.42. The fraction of sp³-hybridized carbons (Fsp3) is 0.444. The summed E-state index contributed by atoms with van der Waals surface area (Å²) in [5.41, 5.74) is 1.46. The van der Waals surface area contributed by atoms with Crippen molar-refractivity contribution < 1.29 is 18.9 Å². The van der Waals surface area contributed by atoms with Gasteiger partial charge in [0, 0.05) is 16.2 Å². The van der Waals surface area contributed by atoms with Gasteiger partial charge in [0.25, 0.3) is 0 Å². The maximum absolute atomic E-state index is 12.9. The molecule has 1 N–H and O–H groups in total. The SMILES string of the molecule is CC1CCc2c(sc(NC(=O)C3CC3[N+](=O)[O-])c2C(=O)c2ccco2)C1. The summed E-state index contributed by atoms with van der Waals surface area (Å²) < 4.78 is 5.25. The third-order valence-electron chi connectivity index (χ3n) is 5.08. The maximum Gasteiger partial charge on any atom is 0.235 e. The second-order valence-electron chi connectivity index (χ2n) is 7.05. The van der Waals surface area contributed by atoms with Gasteiger partial charge in [-0.15, -0.1) is 11.3 Å². The normalized spacial score (nSPS) is 24.0. The number of nitrogens with one attached hydrogen (secondary N) is 1. The number of nitrogens with zero attached hydrogens (tertiary/aromatic N) is 1. The lowest BCUT2D eigenvalue weighted by Gasteiger charge is -2.18. The summed E-state index contributed by atoms with van der Waals surface area (Å²) in [6, 6.07) is 2.44. The topological polar surface area (TPSA) is 102 Å². The molecule has 1 fully saturated rings. The third-order valence-corrected chi connectivity index (χ3v) is 6.25. The zero-order valence-corrected chi connectivity index (χ0v) is 15.0. The number of anilines is 1. The number of ketones is 1. The Labute approximate surface area is 153 Å². The third kappa shape index (κ3) is 2.94. The van der Waals surface area contributed by atoms with Gasteiger partial charge in [0.05, 0.1) is 11.8 Å². The number of nitro groups is 1. The minimum atomic E-state index is -0.811. The van der Waals surface area contributed by atoms with Crippen molar-refractivity contribution in [2.45, 2.75) is 38.6 Å². The Morgan fingerprint density at radius 3 is 2.88 bits per heavy atom. The van der Waals surface area contributed by atoms with E-state index in [0.717, 1.165) is 29.7 Å². The lowest BCUT2D eigenvalue weighted by Crippen LogP contribution is -2.19. The molecule has 2 heterocycles. The zero-order valence-electron chi connectivity index (χ0n) is 14.2. The second kappa shape index (κ2) is 6.35. The molecular weight excluding hydrogens is 356 g/mol. The highest BCUT2D eigenvalue weighted by molar-refractivity contribution is 7.17. The highest BCUT2D eigenvalue weighted by Gasteiger charge is 2.53. The van der Waals surface area contributed by atoms with Crippen LogP contribution in [-0.4, -0.2) is 22.7 Å². The van der Waals surface area contributed by atoms with Crippen LogP contribution >= 0.6 is 11.3 Å². The minimum absolute atomic E-state index is 0.231. The Morgan fingerprint density at radius 2 is 2.23 bits per heavy atom. The summed E-state index contributed by atoms with van der Waals surface area (Å²) in [6.07, 6.45) is 4.34. The molecule has 26 heavy (non-hydrogen) atoms. The predicted molar refractivity (Wildman–Crippen MR) is 95.2 cm³/mol. The van der Waals surface area contributed by atoms with Gasteiger partial charge in [-0.1, -0.05) is 6.92 Å². The van der Waals surface area contributed by atoms with E-state index in [4.69, 9.17) is 4.42 Å². The van der Waals surface area contributed by atoms with Crippen LogP contribution in [0.4, 0.5) is 5.00 Å². The quantitative estimate of drug-likeness (QED) is 0.491. The first-order valence-electron chi connectivity index (χ1n) is 8.62. The van der Waals surface area contributed by atoms with E-state index in [-0.39, 0.29) is 23.9 Å². The van der Waals surface area contributed by atoms with Crippen molar-refractivity contribution >= 4 is 28.0 Å². The highest BCUT2D eigenvalue weighted by atomic mass is 32.1. The van der Waals surface area contributed by atoms with Gasteiger partial charge >= 0.3 is 0 Å². The Balaban J connectivity index is 1.66. The van der Waals surface area contributed by atoms with Crippen LogP contribution in [0.1, 0.15) is 46.3 Å². The number of hydrogen-bond acceptors (Lipinski definition) is 6. The van der Waals surface area contributed by atoms with E-state index in [1.807, 2.05) is 0 Å². The van der Waals surface area contributed by atoms with Crippen molar-refractivity contribution in [3.8, 4) is 0 Å². The van der Waals surface area contributed by atoms with Crippen LogP contribution in [0.5, 0.6) is 0 Å². The molecule has 1 saturated carbocycles. The van der Waals surface area contributed by atoms with Gasteiger partial charge < -0.3 is 9.73 Å². The molecule has 1 amide bonds. The van der Waals surface area contributed by atoms with Gasteiger partial charge in [-0.2, -0.15) is 0 Å². The molecule has 0 aromatic carbocycles. The first kappa shape index (κ1) is 17.0. The first-order valence-corrected chi connectivity index (χ1v) is 9.44. The van der Waals surface area contributed by atoms with Crippen LogP contribution in [0.15, 0.2) is 22.8 Å². The van der Waals surface area contributed by atoms with Crippen LogP contribution in [-0.2, 0) is 17.6 Å². The van der Waals surface area contributed by atoms with E-state index < -0.39 is 16.9 Å². The van der Waals surface area contributed by atoms with Crippen LogP contribution in [0.3, 0.4) is 0 Å². The predicted octanol–water partition coefficient (Wildman–Crippen LogP) is 3.30. The average molecular weight is 374 g/mol. The van der Waals surface area contributed by atoms with Crippen LogP contribution in [0.2, 0.25) is 0 Å². The summed E-state index contributed by atoms with van der Waals surface area (Å²) in [7, 11) is 0. The van der Waals surface area contributed by atoms with Crippen LogP contribution < -0.4 is 5.32 Å². The fourth-order valence-corrected chi connectivity index (χ4v) is 4.92. The van der Waals surface area contributed by atoms with Crippen molar-refractivity contribution in [1.29, 1.82) is 0 Å². The van der Waals surface area contributed by atoms with Crippen molar-refractivity contribution in [1.82, 2.24) is 0 Å². The van der Waals surface area contributed by atoms with Gasteiger partial charge in [-0.25, -0.2) is 0 Å². The number of carbonyl (C=O) groups excluding carboxylic acids is 2. The molecule has 136 valence electrons. The molecule has 7 nitrogen and oxygen atoms in total. The first-order chi connectivity index (χ1) is 12.5. The largest absolute Gasteiger partial charge is 0.461 e. The van der Waals surface area contributed by atoms with Crippen molar-refractivity contribution in [3.05, 3.63) is 50.3 Å². The molecule has 2 aliphatic rings. The molecule has 3 atom stereocenters. The number of thiophene rings is 1. The molecule has 0 spiro atoms. The van der Waals surface area contributed by atoms with Crippen LogP contribution in [0, 0.1) is 22.0 Å². The smallest absolute Gasteiger partial charge is 0.235 e. The molecular formula is C18H18N2O5S. The molecule has 2 aromatic rings. The minimum Gasteiger partial charge on any atom is -0.461 e. The molecule has 2 aromatic heterocycles. The van der Waals surface area contributed by atoms with Gasteiger partial charge in [0.1, 0.15) is 10.9 Å². The van der Waals surface area contributed by atoms with E-state index in [2.05, 4.69) is 12.2 Å².